The molecule has 0 aromatic carbocycles. The maximum absolute atomic E-state index is 12.7. The molecule has 0 rings (SSSR count). The Hall–Kier alpha value is -1.80. The molecule has 62 heavy (non-hydrogen) atoms. The van der Waals surface area contributed by atoms with Crippen LogP contribution >= 0.6 is 7.82 Å². The molecule has 0 fully saturated rings. The lowest BCUT2D eigenvalue weighted by Gasteiger charge is -2.20. The minimum atomic E-state index is -4.30. The number of allylic oxidation sites excluding steroid dienone is 10. The van der Waals surface area contributed by atoms with E-state index in [4.69, 9.17) is 24.3 Å². The number of carbonyl (C=O) groups excluding carboxylic acids is 1. The molecule has 0 saturated heterocycles. The van der Waals surface area contributed by atoms with Crippen LogP contribution in [0.3, 0.4) is 0 Å². The predicted molar refractivity (Wildman–Crippen MR) is 266 cm³/mol. The summed E-state index contributed by atoms with van der Waals surface area (Å²) >= 11 is 0. The lowest BCUT2D eigenvalue weighted by Crippen LogP contribution is -2.28. The molecule has 0 aliphatic carbocycles. The summed E-state index contributed by atoms with van der Waals surface area (Å²) in [7, 11) is -4.30. The molecule has 2 unspecified atom stereocenters. The molecule has 0 spiro atoms. The number of unbranched alkanes of at least 4 members (excludes halogenated alkanes) is 26. The normalized spacial score (nSPS) is 13.8. The average Bonchev–Trinajstić information content (AvgIpc) is 3.26. The van der Waals surface area contributed by atoms with Gasteiger partial charge in [0.2, 0.25) is 0 Å². The van der Waals surface area contributed by atoms with Gasteiger partial charge in [-0.25, -0.2) is 4.57 Å². The van der Waals surface area contributed by atoms with E-state index < -0.39 is 13.9 Å². The molecule has 9 heteroatoms. The van der Waals surface area contributed by atoms with Gasteiger partial charge in [0.15, 0.2) is 0 Å². The number of hydrogen-bond acceptors (Lipinski definition) is 7. The minimum Gasteiger partial charge on any atom is -0.457 e. The maximum atomic E-state index is 12.7. The van der Waals surface area contributed by atoms with Crippen LogP contribution in [0, 0.1) is 0 Å². The number of esters is 1. The number of ether oxygens (including phenoxy) is 2. The second kappa shape index (κ2) is 50.2. The zero-order chi connectivity index (χ0) is 45.1. The smallest absolute Gasteiger partial charge is 0.457 e. The summed E-state index contributed by atoms with van der Waals surface area (Å²) in [6.45, 7) is 4.72. The van der Waals surface area contributed by atoms with E-state index >= 15 is 0 Å². The molecular weight excluding hydrogens is 794 g/mol. The molecule has 2 atom stereocenters. The highest BCUT2D eigenvalue weighted by molar-refractivity contribution is 7.47. The molecule has 0 saturated carbocycles. The largest absolute Gasteiger partial charge is 0.472 e. The topological polar surface area (TPSA) is 117 Å². The van der Waals surface area contributed by atoms with Gasteiger partial charge in [0, 0.05) is 19.6 Å². The molecule has 8 nitrogen and oxygen atoms in total. The number of hydrogen-bond donors (Lipinski definition) is 2. The van der Waals surface area contributed by atoms with E-state index in [9.17, 15) is 14.3 Å². The second-order valence-electron chi connectivity index (χ2n) is 17.0. The van der Waals surface area contributed by atoms with Crippen LogP contribution in [0.25, 0.3) is 0 Å². The van der Waals surface area contributed by atoms with Gasteiger partial charge in [-0.05, 0) is 57.8 Å². The summed E-state index contributed by atoms with van der Waals surface area (Å²) in [6, 6.07) is 0. The van der Waals surface area contributed by atoms with Crippen LogP contribution in [-0.4, -0.2) is 49.9 Å². The van der Waals surface area contributed by atoms with Crippen LogP contribution in [-0.2, 0) is 27.9 Å². The fourth-order valence-electron chi connectivity index (χ4n) is 7.20. The molecule has 0 aromatic heterocycles. The first-order valence-electron chi connectivity index (χ1n) is 25.8. The van der Waals surface area contributed by atoms with Gasteiger partial charge in [0.1, 0.15) is 6.10 Å². The van der Waals surface area contributed by atoms with Crippen molar-refractivity contribution < 1.29 is 32.8 Å². The molecule has 0 heterocycles. The average molecular weight is 892 g/mol. The standard InChI is InChI=1S/C53H98NO7P/c1-3-5-7-9-11-13-15-17-19-21-23-24-25-26-27-28-29-30-32-34-36-38-40-42-44-46-53(55)61-52(51-60-62(56,57)59-49-47-54)50-58-48-45-43-41-39-37-35-33-31-22-20-18-16-14-12-10-8-6-4-2/h6,8,12,14,18,20,31,33,37,39,52H,3-5,7,9-11,13,15-17,19,21-30,32,34-36,38,40-51,54H2,1-2H3,(H,56,57)/b8-6-,14-12-,20-18-,33-31-,39-37-. The van der Waals surface area contributed by atoms with Crippen molar-refractivity contribution in [2.75, 3.05) is 33.0 Å². The molecular formula is C53H98NO7P. The number of phosphoric acid groups is 1. The van der Waals surface area contributed by atoms with Crippen molar-refractivity contribution in [2.45, 2.75) is 238 Å². The molecule has 0 amide bonds. The first-order valence-corrected chi connectivity index (χ1v) is 27.3. The third-order valence-electron chi connectivity index (χ3n) is 10.9. The summed E-state index contributed by atoms with van der Waals surface area (Å²) in [6.07, 6.45) is 62.7. The quantitative estimate of drug-likeness (QED) is 0.0268. The highest BCUT2D eigenvalue weighted by Gasteiger charge is 2.25. The van der Waals surface area contributed by atoms with E-state index in [1.165, 1.54) is 141 Å². The van der Waals surface area contributed by atoms with Crippen molar-refractivity contribution in [3.8, 4) is 0 Å². The van der Waals surface area contributed by atoms with E-state index in [1.807, 2.05) is 0 Å². The minimum absolute atomic E-state index is 0.0871. The highest BCUT2D eigenvalue weighted by atomic mass is 31.2. The molecule has 3 N–H and O–H groups in total. The Kier molecular flexibility index (Phi) is 48.7. The van der Waals surface area contributed by atoms with Crippen LogP contribution in [0.1, 0.15) is 232 Å². The second-order valence-corrected chi connectivity index (χ2v) is 18.5. The van der Waals surface area contributed by atoms with E-state index in [0.29, 0.717) is 13.0 Å². The van der Waals surface area contributed by atoms with Crippen LogP contribution < -0.4 is 5.73 Å². The fourth-order valence-corrected chi connectivity index (χ4v) is 7.97. The van der Waals surface area contributed by atoms with Crippen LogP contribution in [0.4, 0.5) is 0 Å². The number of nitrogens with two attached hydrogens (primary N) is 1. The maximum Gasteiger partial charge on any atom is 0.472 e. The van der Waals surface area contributed by atoms with Gasteiger partial charge < -0.3 is 20.1 Å². The van der Waals surface area contributed by atoms with Crippen LogP contribution in [0.5, 0.6) is 0 Å². The molecule has 0 aromatic rings. The summed E-state index contributed by atoms with van der Waals surface area (Å²) in [4.78, 5) is 22.6. The van der Waals surface area contributed by atoms with E-state index in [1.54, 1.807) is 0 Å². The zero-order valence-corrected chi connectivity index (χ0v) is 41.2. The van der Waals surface area contributed by atoms with Crippen molar-refractivity contribution in [3.63, 3.8) is 0 Å². The van der Waals surface area contributed by atoms with E-state index in [2.05, 4.69) is 74.6 Å². The molecule has 0 aliphatic rings. The Morgan fingerprint density at radius 1 is 0.500 bits per heavy atom. The van der Waals surface area contributed by atoms with Crippen molar-refractivity contribution in [1.29, 1.82) is 0 Å². The zero-order valence-electron chi connectivity index (χ0n) is 40.3. The van der Waals surface area contributed by atoms with Crippen LogP contribution in [0.2, 0.25) is 0 Å². The van der Waals surface area contributed by atoms with Crippen molar-refractivity contribution in [3.05, 3.63) is 60.8 Å². The monoisotopic (exact) mass is 892 g/mol. The van der Waals surface area contributed by atoms with E-state index in [-0.39, 0.29) is 32.3 Å². The summed E-state index contributed by atoms with van der Waals surface area (Å²) in [5.41, 5.74) is 5.38. The van der Waals surface area contributed by atoms with Crippen molar-refractivity contribution in [1.82, 2.24) is 0 Å². The fraction of sp³-hybridized carbons (Fsp3) is 0.792. The lowest BCUT2D eigenvalue weighted by molar-refractivity contribution is -0.154. The third kappa shape index (κ3) is 49.2. The molecule has 0 aliphatic heterocycles. The van der Waals surface area contributed by atoms with Gasteiger partial charge in [0.05, 0.1) is 19.8 Å². The Labute approximate surface area is 383 Å². The van der Waals surface area contributed by atoms with Gasteiger partial charge in [-0.1, -0.05) is 229 Å². The molecule has 0 bridgehead atoms. The van der Waals surface area contributed by atoms with Crippen molar-refractivity contribution >= 4 is 13.8 Å². The number of carbonyl (C=O) groups is 1. The Morgan fingerprint density at radius 2 is 0.903 bits per heavy atom. The summed E-state index contributed by atoms with van der Waals surface area (Å²) in [5, 5.41) is 0. The van der Waals surface area contributed by atoms with E-state index in [0.717, 1.165) is 70.6 Å². The van der Waals surface area contributed by atoms with Gasteiger partial charge >= 0.3 is 13.8 Å². The Balaban J connectivity index is 3.95. The first kappa shape index (κ1) is 60.2. The Morgan fingerprint density at radius 3 is 1.32 bits per heavy atom. The van der Waals surface area contributed by atoms with Gasteiger partial charge in [-0.15, -0.1) is 0 Å². The molecule has 0 radical (unpaired) electrons. The number of rotatable bonds is 49. The predicted octanol–water partition coefficient (Wildman–Crippen LogP) is 16.1. The highest BCUT2D eigenvalue weighted by Crippen LogP contribution is 2.43. The van der Waals surface area contributed by atoms with Crippen molar-refractivity contribution in [2.24, 2.45) is 5.73 Å². The molecule has 362 valence electrons. The first-order chi connectivity index (χ1) is 30.4. The Bertz CT molecular complexity index is 1140. The van der Waals surface area contributed by atoms with Gasteiger partial charge in [-0.3, -0.25) is 13.8 Å². The summed E-state index contributed by atoms with van der Waals surface area (Å²) < 4.78 is 33.5. The SMILES string of the molecule is CC/C=C\C/C=C\C/C=C\C/C=C\C/C=C\CCCCOCC(COP(=O)(O)OCCN)OC(=O)CCCCCCCCCCCCCCCCCCCCCCCCCCC. The van der Waals surface area contributed by atoms with Gasteiger partial charge in [0.25, 0.3) is 0 Å². The third-order valence-corrected chi connectivity index (χ3v) is 11.9. The van der Waals surface area contributed by atoms with Gasteiger partial charge in [-0.2, -0.15) is 0 Å². The van der Waals surface area contributed by atoms with Crippen LogP contribution in [0.15, 0.2) is 60.8 Å². The summed E-state index contributed by atoms with van der Waals surface area (Å²) in [5.74, 6) is -0.342. The lowest BCUT2D eigenvalue weighted by atomic mass is 10.0. The number of phosphoric ester groups is 1.